The topological polar surface area (TPSA) is 122 Å². The van der Waals surface area contributed by atoms with E-state index in [0.29, 0.717) is 64.8 Å². The highest BCUT2D eigenvalue weighted by atomic mass is 16.9. The first kappa shape index (κ1) is 78.5. The van der Waals surface area contributed by atoms with Crippen LogP contribution in [0.25, 0.3) is 0 Å². The van der Waals surface area contributed by atoms with Gasteiger partial charge in [-0.25, -0.2) is 0 Å². The third kappa shape index (κ3) is 41.3. The summed E-state index contributed by atoms with van der Waals surface area (Å²) in [6.45, 7) is 44.6. The fourth-order valence-electron chi connectivity index (χ4n) is 9.44. The van der Waals surface area contributed by atoms with Crippen LogP contribution in [0.3, 0.4) is 0 Å². The van der Waals surface area contributed by atoms with Crippen LogP contribution in [0.5, 0.6) is 0 Å². The molecule has 0 aromatic heterocycles. The van der Waals surface area contributed by atoms with Gasteiger partial charge in [0.25, 0.3) is 11.9 Å². The molecule has 0 aromatic rings. The summed E-state index contributed by atoms with van der Waals surface area (Å²) in [4.78, 5) is 0. The molecule has 12 nitrogen and oxygen atoms in total. The van der Waals surface area contributed by atoms with Crippen molar-refractivity contribution in [2.75, 3.05) is 59.5 Å². The van der Waals surface area contributed by atoms with E-state index in [-0.39, 0.29) is 23.7 Å². The molecule has 79 heavy (non-hydrogen) atoms. The zero-order chi connectivity index (χ0) is 59.5. The van der Waals surface area contributed by atoms with E-state index in [1.54, 1.807) is 0 Å². The number of unbranched alkanes of at least 4 members (excludes halogenated alkanes) is 13. The van der Waals surface area contributed by atoms with Gasteiger partial charge in [0.15, 0.2) is 18.4 Å². The van der Waals surface area contributed by atoms with Crippen molar-refractivity contribution in [1.82, 2.24) is 0 Å². The van der Waals surface area contributed by atoms with Crippen LogP contribution in [0.4, 0.5) is 0 Å². The summed E-state index contributed by atoms with van der Waals surface area (Å²) in [6.07, 6.45) is 25.2. The van der Waals surface area contributed by atoms with E-state index >= 15 is 0 Å². The van der Waals surface area contributed by atoms with E-state index in [0.717, 1.165) is 161 Å². The molecule has 0 bridgehead atoms. The molecule has 0 aliphatic carbocycles. The van der Waals surface area contributed by atoms with Gasteiger partial charge in [0.05, 0.1) is 50.7 Å². The van der Waals surface area contributed by atoms with Crippen LogP contribution >= 0.6 is 0 Å². The van der Waals surface area contributed by atoms with Crippen LogP contribution in [-0.4, -0.2) is 106 Å². The minimum Gasteiger partial charge on any atom is -0.381 e. The van der Waals surface area contributed by atoms with Crippen LogP contribution in [0.1, 0.15) is 311 Å². The Labute approximate surface area is 490 Å². The van der Waals surface area contributed by atoms with Gasteiger partial charge in [-0.2, -0.15) is 0 Å². The average Bonchev–Trinajstić information content (AvgIpc) is 3.38. The van der Waals surface area contributed by atoms with Gasteiger partial charge in [0.2, 0.25) is 0 Å². The maximum absolute atomic E-state index is 10.8. The smallest absolute Gasteiger partial charge is 0.288 e. The van der Waals surface area contributed by atoms with E-state index in [9.17, 15) is 5.11 Å². The summed E-state index contributed by atoms with van der Waals surface area (Å²) >= 11 is 0. The molecule has 476 valence electrons. The summed E-state index contributed by atoms with van der Waals surface area (Å²) in [6, 6.07) is 0. The molecule has 1 N–H and O–H groups in total. The maximum Gasteiger partial charge on any atom is 0.288 e. The normalized spacial score (nSPS) is 16.4. The fourth-order valence-corrected chi connectivity index (χ4v) is 9.44. The highest BCUT2D eigenvalue weighted by Crippen LogP contribution is 2.40. The lowest BCUT2D eigenvalue weighted by atomic mass is 9.99. The van der Waals surface area contributed by atoms with Crippen molar-refractivity contribution in [3.8, 4) is 0 Å². The SMILES string of the molecule is CCCCCCCOC(CCCCCCCOC(O)C(CC)CCCC)(OC(CCCCCOCC(C)(C)C)OC(C)(C)CC(OCCC(C)C)(OCC(C)C)OC(C)(CCCC)OCCCCOCCC)OC(C)(CC)CC. The first-order chi connectivity index (χ1) is 37.4. The largest absolute Gasteiger partial charge is 0.381 e. The van der Waals surface area contributed by atoms with Crippen molar-refractivity contribution < 1.29 is 57.2 Å². The number of ether oxygens (including phenoxy) is 11. The second-order valence-electron chi connectivity index (χ2n) is 26.3. The molecule has 0 aliphatic rings. The highest BCUT2D eigenvalue weighted by molar-refractivity contribution is 4.82. The Hall–Kier alpha value is -0.480. The molecule has 0 fully saturated rings. The van der Waals surface area contributed by atoms with Crippen molar-refractivity contribution in [2.24, 2.45) is 23.2 Å². The lowest BCUT2D eigenvalue weighted by molar-refractivity contribution is -0.468. The molecule has 6 unspecified atom stereocenters. The van der Waals surface area contributed by atoms with E-state index in [1.807, 2.05) is 0 Å². The van der Waals surface area contributed by atoms with Crippen LogP contribution in [0.2, 0.25) is 0 Å². The zero-order valence-corrected chi connectivity index (χ0v) is 55.7. The first-order valence-electron chi connectivity index (χ1n) is 33.2. The Kier molecular flexibility index (Phi) is 45.6. The molecule has 0 saturated carbocycles. The molecule has 6 atom stereocenters. The van der Waals surface area contributed by atoms with Crippen molar-refractivity contribution in [3.63, 3.8) is 0 Å². The van der Waals surface area contributed by atoms with E-state index in [2.05, 4.69) is 125 Å². The Balaban J connectivity index is 7.36. The number of aliphatic hydroxyl groups excluding tert-OH is 1. The number of aliphatic hydroxyl groups is 1. The van der Waals surface area contributed by atoms with Gasteiger partial charge in [-0.05, 0) is 141 Å². The molecule has 0 spiro atoms. The summed E-state index contributed by atoms with van der Waals surface area (Å²) in [7, 11) is 0. The highest BCUT2D eigenvalue weighted by Gasteiger charge is 2.49. The Morgan fingerprint density at radius 3 is 1.62 bits per heavy atom. The molecule has 0 radical (unpaired) electrons. The maximum atomic E-state index is 10.8. The van der Waals surface area contributed by atoms with Crippen LogP contribution < -0.4 is 0 Å². The van der Waals surface area contributed by atoms with Gasteiger partial charge >= 0.3 is 0 Å². The monoisotopic (exact) mass is 1130 g/mol. The number of hydrogen-bond donors (Lipinski definition) is 1. The van der Waals surface area contributed by atoms with Crippen LogP contribution in [0.15, 0.2) is 0 Å². The van der Waals surface area contributed by atoms with Gasteiger partial charge in [0.1, 0.15) is 0 Å². The molecule has 0 aromatic carbocycles. The van der Waals surface area contributed by atoms with Crippen LogP contribution in [-0.2, 0) is 52.1 Å². The minimum absolute atomic E-state index is 0.117. The van der Waals surface area contributed by atoms with E-state index < -0.39 is 41.5 Å². The predicted octanol–water partition coefficient (Wildman–Crippen LogP) is 18.8. The Morgan fingerprint density at radius 1 is 0.430 bits per heavy atom. The summed E-state index contributed by atoms with van der Waals surface area (Å²) in [5.74, 6) is -3.01. The molecule has 0 rings (SSSR count). The van der Waals surface area contributed by atoms with Crippen molar-refractivity contribution in [2.45, 2.75) is 352 Å². The van der Waals surface area contributed by atoms with E-state index in [1.165, 1.54) is 19.3 Å². The summed E-state index contributed by atoms with van der Waals surface area (Å²) in [5.41, 5.74) is -1.28. The van der Waals surface area contributed by atoms with Crippen molar-refractivity contribution in [3.05, 3.63) is 0 Å². The molecule has 0 saturated heterocycles. The van der Waals surface area contributed by atoms with Gasteiger partial charge in [-0.3, -0.25) is 9.47 Å². The summed E-state index contributed by atoms with van der Waals surface area (Å²) < 4.78 is 75.3. The first-order valence-corrected chi connectivity index (χ1v) is 33.2. The molecular formula is C67H136O12. The Morgan fingerprint density at radius 2 is 1.00 bits per heavy atom. The number of rotatable bonds is 58. The standard InChI is InChI=1S/C67H136O12/c1-19-26-29-32-39-52-73-66(78-64(17,24-6)25-7,46-36-31-30-33-38-50-71-61(68)59(23-5)42-27-20-2)77-60(43-35-34-37-49-70-56-62(12,13)14)76-63(15,16)55-67(75-54-58(10)11,74-53-44-57(8)9)79-65(18,45-28-21-3)72-51-41-40-48-69-47-22-4/h57-61,68H,19-56H2,1-18H3. The third-order valence-electron chi connectivity index (χ3n) is 14.9. The second-order valence-corrected chi connectivity index (χ2v) is 26.3. The molecule has 0 amide bonds. The zero-order valence-electron chi connectivity index (χ0n) is 55.7. The lowest BCUT2D eigenvalue weighted by Crippen LogP contribution is -2.54. The molecule has 0 aliphatic heterocycles. The summed E-state index contributed by atoms with van der Waals surface area (Å²) in [5, 5.41) is 10.8. The molecule has 0 heterocycles. The van der Waals surface area contributed by atoms with Gasteiger partial charge in [-0.15, -0.1) is 0 Å². The fraction of sp³-hybridized carbons (Fsp3) is 1.00. The number of hydrogen-bond acceptors (Lipinski definition) is 12. The van der Waals surface area contributed by atoms with Gasteiger partial charge in [-0.1, -0.05) is 168 Å². The van der Waals surface area contributed by atoms with Gasteiger partial charge < -0.3 is 47.7 Å². The van der Waals surface area contributed by atoms with Crippen molar-refractivity contribution in [1.29, 1.82) is 0 Å². The van der Waals surface area contributed by atoms with Crippen LogP contribution in [0, 0.1) is 23.2 Å². The van der Waals surface area contributed by atoms with Crippen molar-refractivity contribution >= 4 is 0 Å². The minimum atomic E-state index is -1.49. The lowest BCUT2D eigenvalue weighted by Gasteiger charge is -2.46. The Bertz CT molecular complexity index is 1350. The quantitative estimate of drug-likeness (QED) is 0.0461. The molecular weight excluding hydrogens is 997 g/mol. The van der Waals surface area contributed by atoms with E-state index in [4.69, 9.17) is 52.1 Å². The third-order valence-corrected chi connectivity index (χ3v) is 14.9. The average molecular weight is 1130 g/mol. The second kappa shape index (κ2) is 45.8. The predicted molar refractivity (Wildman–Crippen MR) is 328 cm³/mol. The van der Waals surface area contributed by atoms with Gasteiger partial charge in [0, 0.05) is 45.2 Å². The molecule has 12 heteroatoms.